The molecule has 20 heavy (non-hydrogen) atoms. The second-order valence-corrected chi connectivity index (χ2v) is 4.50. The lowest BCUT2D eigenvalue weighted by atomic mass is 10.2. The molecule has 0 unspecified atom stereocenters. The molecule has 0 aliphatic heterocycles. The number of pyridine rings is 1. The summed E-state index contributed by atoms with van der Waals surface area (Å²) in [5.74, 6) is -1.04. The molecule has 1 heterocycles. The fourth-order valence-electron chi connectivity index (χ4n) is 1.89. The van der Waals surface area contributed by atoms with Crippen LogP contribution in [0.3, 0.4) is 0 Å². The first-order valence-electron chi connectivity index (χ1n) is 6.52. The highest BCUT2D eigenvalue weighted by molar-refractivity contribution is 5.94. The maximum atomic E-state index is 11.9. The first-order chi connectivity index (χ1) is 9.66. The molecule has 2 rings (SSSR count). The Balaban J connectivity index is 1.89. The summed E-state index contributed by atoms with van der Waals surface area (Å²) < 4.78 is 0. The van der Waals surface area contributed by atoms with Crippen LogP contribution in [-0.4, -0.2) is 28.5 Å². The number of nitrogens with one attached hydrogen (secondary N) is 1. The molecule has 0 aliphatic rings. The van der Waals surface area contributed by atoms with Crippen LogP contribution in [0.4, 0.5) is 0 Å². The molecule has 1 amide bonds. The number of hydrogen-bond donors (Lipinski definition) is 2. The van der Waals surface area contributed by atoms with Crippen LogP contribution in [0.5, 0.6) is 0 Å². The normalized spacial score (nSPS) is 10.4. The highest BCUT2D eigenvalue weighted by atomic mass is 16.4. The maximum Gasteiger partial charge on any atom is 0.303 e. The van der Waals surface area contributed by atoms with E-state index in [4.69, 9.17) is 5.11 Å². The maximum absolute atomic E-state index is 11.9. The highest BCUT2D eigenvalue weighted by Crippen LogP contribution is 2.11. The van der Waals surface area contributed by atoms with Crippen molar-refractivity contribution in [1.82, 2.24) is 10.3 Å². The van der Waals surface area contributed by atoms with E-state index in [0.29, 0.717) is 25.1 Å². The van der Waals surface area contributed by atoms with Gasteiger partial charge in [0.15, 0.2) is 0 Å². The van der Waals surface area contributed by atoms with Gasteiger partial charge in [-0.2, -0.15) is 0 Å². The van der Waals surface area contributed by atoms with Crippen molar-refractivity contribution in [3.05, 3.63) is 42.1 Å². The zero-order valence-corrected chi connectivity index (χ0v) is 11.0. The Morgan fingerprint density at radius 3 is 2.70 bits per heavy atom. The number of carbonyl (C=O) groups excluding carboxylic acids is 1. The fourth-order valence-corrected chi connectivity index (χ4v) is 1.89. The molecule has 0 saturated heterocycles. The quantitative estimate of drug-likeness (QED) is 0.790. The third kappa shape index (κ3) is 3.78. The third-order valence-corrected chi connectivity index (χ3v) is 2.93. The second-order valence-electron chi connectivity index (χ2n) is 4.50. The van der Waals surface area contributed by atoms with Gasteiger partial charge in [0.25, 0.3) is 5.91 Å². The van der Waals surface area contributed by atoms with Crippen LogP contribution in [0.25, 0.3) is 10.9 Å². The molecule has 0 bridgehead atoms. The van der Waals surface area contributed by atoms with Crippen LogP contribution in [0.1, 0.15) is 29.8 Å². The van der Waals surface area contributed by atoms with Crippen LogP contribution in [0.2, 0.25) is 0 Å². The van der Waals surface area contributed by atoms with Crippen molar-refractivity contribution in [2.45, 2.75) is 19.3 Å². The van der Waals surface area contributed by atoms with Crippen molar-refractivity contribution in [2.75, 3.05) is 6.54 Å². The number of aromatic nitrogens is 1. The van der Waals surface area contributed by atoms with Gasteiger partial charge in [-0.1, -0.05) is 24.3 Å². The predicted molar refractivity (Wildman–Crippen MR) is 75.6 cm³/mol. The van der Waals surface area contributed by atoms with E-state index in [-0.39, 0.29) is 12.3 Å². The number of para-hydroxylation sites is 1. The molecule has 0 atom stereocenters. The molecule has 1 aromatic carbocycles. The standard InChI is InChI=1S/C15H16N2O3/c18-14(19)7-3-4-10-16-15(20)13-9-8-11-5-1-2-6-12(11)17-13/h1-2,5-6,8-9H,3-4,7,10H2,(H,16,20)(H,18,19). The van der Waals surface area contributed by atoms with Crippen molar-refractivity contribution in [2.24, 2.45) is 0 Å². The molecule has 1 aromatic heterocycles. The Labute approximate surface area is 116 Å². The monoisotopic (exact) mass is 272 g/mol. The third-order valence-electron chi connectivity index (χ3n) is 2.93. The number of benzene rings is 1. The molecular weight excluding hydrogens is 256 g/mol. The lowest BCUT2D eigenvalue weighted by Gasteiger charge is -2.05. The molecule has 104 valence electrons. The zero-order valence-electron chi connectivity index (χ0n) is 11.0. The van der Waals surface area contributed by atoms with Crippen molar-refractivity contribution < 1.29 is 14.7 Å². The average molecular weight is 272 g/mol. The molecule has 0 radical (unpaired) electrons. The van der Waals surface area contributed by atoms with Crippen LogP contribution in [0, 0.1) is 0 Å². The number of rotatable bonds is 6. The van der Waals surface area contributed by atoms with E-state index in [1.165, 1.54) is 0 Å². The minimum Gasteiger partial charge on any atom is -0.481 e. The van der Waals surface area contributed by atoms with E-state index >= 15 is 0 Å². The lowest BCUT2D eigenvalue weighted by Crippen LogP contribution is -2.25. The molecule has 5 nitrogen and oxygen atoms in total. The van der Waals surface area contributed by atoms with E-state index in [9.17, 15) is 9.59 Å². The van der Waals surface area contributed by atoms with Crippen molar-refractivity contribution >= 4 is 22.8 Å². The number of fused-ring (bicyclic) bond motifs is 1. The predicted octanol–water partition coefficient (Wildman–Crippen LogP) is 2.22. The van der Waals surface area contributed by atoms with Gasteiger partial charge in [0.05, 0.1) is 5.52 Å². The number of nitrogens with zero attached hydrogens (tertiary/aromatic N) is 1. The van der Waals surface area contributed by atoms with Gasteiger partial charge < -0.3 is 10.4 Å². The van der Waals surface area contributed by atoms with Crippen LogP contribution < -0.4 is 5.32 Å². The van der Waals surface area contributed by atoms with Crippen LogP contribution in [-0.2, 0) is 4.79 Å². The van der Waals surface area contributed by atoms with Crippen molar-refractivity contribution in [1.29, 1.82) is 0 Å². The Morgan fingerprint density at radius 2 is 1.90 bits per heavy atom. The molecule has 0 saturated carbocycles. The summed E-state index contributed by atoms with van der Waals surface area (Å²) in [6.45, 7) is 0.459. The minimum atomic E-state index is -0.812. The summed E-state index contributed by atoms with van der Waals surface area (Å²) in [5, 5.41) is 12.2. The summed E-state index contributed by atoms with van der Waals surface area (Å²) in [6, 6.07) is 11.2. The summed E-state index contributed by atoms with van der Waals surface area (Å²) in [5.41, 5.74) is 1.16. The number of amides is 1. The number of carbonyl (C=O) groups is 2. The Hall–Kier alpha value is -2.43. The fraction of sp³-hybridized carbons (Fsp3) is 0.267. The van der Waals surface area contributed by atoms with Gasteiger partial charge in [0.2, 0.25) is 0 Å². The van der Waals surface area contributed by atoms with Crippen LogP contribution in [0.15, 0.2) is 36.4 Å². The topological polar surface area (TPSA) is 79.3 Å². The average Bonchev–Trinajstić information content (AvgIpc) is 2.46. The first kappa shape index (κ1) is 14.0. The van der Waals surface area contributed by atoms with E-state index in [1.807, 2.05) is 30.3 Å². The Morgan fingerprint density at radius 1 is 1.10 bits per heavy atom. The lowest BCUT2D eigenvalue weighted by molar-refractivity contribution is -0.137. The van der Waals surface area contributed by atoms with E-state index in [2.05, 4.69) is 10.3 Å². The highest BCUT2D eigenvalue weighted by Gasteiger charge is 2.07. The minimum absolute atomic E-state index is 0.129. The Bertz CT molecular complexity index is 625. The van der Waals surface area contributed by atoms with E-state index in [1.54, 1.807) is 6.07 Å². The van der Waals surface area contributed by atoms with E-state index < -0.39 is 5.97 Å². The van der Waals surface area contributed by atoms with Gasteiger partial charge >= 0.3 is 5.97 Å². The molecular formula is C15H16N2O3. The van der Waals surface area contributed by atoms with Gasteiger partial charge in [-0.3, -0.25) is 9.59 Å². The smallest absolute Gasteiger partial charge is 0.303 e. The number of unbranched alkanes of at least 4 members (excludes halogenated alkanes) is 1. The number of aliphatic carboxylic acids is 1. The van der Waals surface area contributed by atoms with E-state index in [0.717, 1.165) is 10.9 Å². The number of hydrogen-bond acceptors (Lipinski definition) is 3. The second kappa shape index (κ2) is 6.65. The van der Waals surface area contributed by atoms with Gasteiger partial charge in [-0.25, -0.2) is 4.98 Å². The molecule has 2 aromatic rings. The largest absolute Gasteiger partial charge is 0.481 e. The molecule has 0 spiro atoms. The molecule has 0 fully saturated rings. The van der Waals surface area contributed by atoms with Crippen LogP contribution >= 0.6 is 0 Å². The first-order valence-corrected chi connectivity index (χ1v) is 6.52. The Kier molecular flexibility index (Phi) is 4.65. The molecule has 0 aliphatic carbocycles. The van der Waals surface area contributed by atoms with Gasteiger partial charge in [0, 0.05) is 18.4 Å². The summed E-state index contributed by atoms with van der Waals surface area (Å²) in [7, 11) is 0. The summed E-state index contributed by atoms with van der Waals surface area (Å²) >= 11 is 0. The number of carboxylic acids is 1. The van der Waals surface area contributed by atoms with Crippen molar-refractivity contribution in [3.8, 4) is 0 Å². The molecule has 2 N–H and O–H groups in total. The molecule has 5 heteroatoms. The SMILES string of the molecule is O=C(O)CCCCNC(=O)c1ccc2ccccc2n1. The van der Waals surface area contributed by atoms with Gasteiger partial charge in [-0.15, -0.1) is 0 Å². The number of carboxylic acid groups (broad SMARTS) is 1. The zero-order chi connectivity index (χ0) is 14.4. The van der Waals surface area contributed by atoms with Gasteiger partial charge in [0.1, 0.15) is 5.69 Å². The van der Waals surface area contributed by atoms with Crippen molar-refractivity contribution in [3.63, 3.8) is 0 Å². The van der Waals surface area contributed by atoms with Gasteiger partial charge in [-0.05, 0) is 25.0 Å². The summed E-state index contributed by atoms with van der Waals surface area (Å²) in [6.07, 6.45) is 1.33. The summed E-state index contributed by atoms with van der Waals surface area (Å²) in [4.78, 5) is 26.5.